The Morgan fingerprint density at radius 1 is 1.25 bits per heavy atom. The Kier molecular flexibility index (Phi) is 5.16. The highest BCUT2D eigenvalue weighted by molar-refractivity contribution is 8.00. The van der Waals surface area contributed by atoms with E-state index in [4.69, 9.17) is 9.47 Å². The van der Waals surface area contributed by atoms with Gasteiger partial charge in [-0.15, -0.1) is 11.3 Å². The van der Waals surface area contributed by atoms with Crippen LogP contribution in [0.15, 0.2) is 23.2 Å². The first-order valence-corrected chi connectivity index (χ1v) is 10.7. The van der Waals surface area contributed by atoms with Gasteiger partial charge in [0.1, 0.15) is 15.7 Å². The first-order chi connectivity index (χ1) is 13.4. The summed E-state index contributed by atoms with van der Waals surface area (Å²) in [6.07, 6.45) is 0. The number of rotatable bonds is 5. The van der Waals surface area contributed by atoms with E-state index < -0.39 is 0 Å². The van der Waals surface area contributed by atoms with Gasteiger partial charge in [-0.3, -0.25) is 4.79 Å². The molecule has 146 valence electrons. The molecule has 0 radical (unpaired) electrons. The SMILES string of the molecule is Cc1nc(SC(C)C(=O)NCc2ccc3c(c2)OCO3)c2c(C)c(C)sc2n1. The van der Waals surface area contributed by atoms with Crippen LogP contribution in [0.25, 0.3) is 10.2 Å². The number of aromatic nitrogens is 2. The van der Waals surface area contributed by atoms with Crippen LogP contribution < -0.4 is 14.8 Å². The predicted octanol–water partition coefficient (Wildman–Crippen LogP) is 4.14. The summed E-state index contributed by atoms with van der Waals surface area (Å²) in [5.74, 6) is 2.15. The van der Waals surface area contributed by atoms with Gasteiger partial charge in [0, 0.05) is 16.8 Å². The van der Waals surface area contributed by atoms with Gasteiger partial charge < -0.3 is 14.8 Å². The molecule has 6 nitrogen and oxygen atoms in total. The molecule has 4 rings (SSSR count). The summed E-state index contributed by atoms with van der Waals surface area (Å²) in [5.41, 5.74) is 2.16. The molecule has 1 atom stereocenters. The molecule has 1 N–H and O–H groups in total. The smallest absolute Gasteiger partial charge is 0.233 e. The summed E-state index contributed by atoms with van der Waals surface area (Å²) >= 11 is 3.15. The minimum atomic E-state index is -0.272. The number of hydrogen-bond donors (Lipinski definition) is 1. The number of carbonyl (C=O) groups excluding carboxylic acids is 1. The number of nitrogens with one attached hydrogen (secondary N) is 1. The van der Waals surface area contributed by atoms with E-state index in [9.17, 15) is 4.79 Å². The van der Waals surface area contributed by atoms with Crippen molar-refractivity contribution in [2.45, 2.75) is 44.5 Å². The van der Waals surface area contributed by atoms with Crippen molar-refractivity contribution < 1.29 is 14.3 Å². The van der Waals surface area contributed by atoms with Crippen LogP contribution in [0.1, 0.15) is 28.8 Å². The van der Waals surface area contributed by atoms with E-state index in [1.165, 1.54) is 22.2 Å². The number of nitrogens with zero attached hydrogens (tertiary/aromatic N) is 2. The normalized spacial score (nSPS) is 13.7. The van der Waals surface area contributed by atoms with Gasteiger partial charge in [0.2, 0.25) is 12.7 Å². The third kappa shape index (κ3) is 3.66. The maximum absolute atomic E-state index is 12.6. The number of amides is 1. The van der Waals surface area contributed by atoms with Crippen LogP contribution in [0.4, 0.5) is 0 Å². The van der Waals surface area contributed by atoms with Crippen molar-refractivity contribution in [3.63, 3.8) is 0 Å². The number of thiophene rings is 1. The predicted molar refractivity (Wildman–Crippen MR) is 111 cm³/mol. The van der Waals surface area contributed by atoms with Gasteiger partial charge >= 0.3 is 0 Å². The molecule has 0 saturated heterocycles. The summed E-state index contributed by atoms with van der Waals surface area (Å²) in [7, 11) is 0. The number of carbonyl (C=O) groups is 1. The molecule has 1 aliphatic heterocycles. The zero-order chi connectivity index (χ0) is 19.8. The number of aryl methyl sites for hydroxylation is 3. The van der Waals surface area contributed by atoms with E-state index in [2.05, 4.69) is 29.1 Å². The fourth-order valence-electron chi connectivity index (χ4n) is 3.00. The van der Waals surface area contributed by atoms with Crippen molar-refractivity contribution in [3.8, 4) is 11.5 Å². The van der Waals surface area contributed by atoms with Gasteiger partial charge in [-0.2, -0.15) is 0 Å². The summed E-state index contributed by atoms with van der Waals surface area (Å²) in [6, 6.07) is 5.69. The first kappa shape index (κ1) is 19.0. The largest absolute Gasteiger partial charge is 0.454 e. The molecule has 8 heteroatoms. The van der Waals surface area contributed by atoms with Gasteiger partial charge in [-0.05, 0) is 51.0 Å². The second-order valence-corrected chi connectivity index (χ2v) is 9.24. The van der Waals surface area contributed by atoms with Gasteiger partial charge in [0.25, 0.3) is 0 Å². The highest BCUT2D eigenvalue weighted by Gasteiger charge is 2.20. The van der Waals surface area contributed by atoms with E-state index in [-0.39, 0.29) is 18.0 Å². The van der Waals surface area contributed by atoms with E-state index in [1.54, 1.807) is 11.3 Å². The molecule has 0 fully saturated rings. The molecule has 1 aliphatic rings. The summed E-state index contributed by atoms with van der Waals surface area (Å²) in [5, 5.41) is 4.66. The van der Waals surface area contributed by atoms with Crippen LogP contribution >= 0.6 is 23.1 Å². The monoisotopic (exact) mass is 415 g/mol. The zero-order valence-electron chi connectivity index (χ0n) is 16.2. The number of ether oxygens (including phenoxy) is 2. The molecular formula is C20H21N3O3S2. The van der Waals surface area contributed by atoms with E-state index >= 15 is 0 Å². The topological polar surface area (TPSA) is 73.3 Å². The number of benzene rings is 1. The van der Waals surface area contributed by atoms with Crippen molar-refractivity contribution in [3.05, 3.63) is 40.0 Å². The molecule has 28 heavy (non-hydrogen) atoms. The molecule has 1 amide bonds. The van der Waals surface area contributed by atoms with E-state index in [0.717, 1.165) is 38.1 Å². The van der Waals surface area contributed by atoms with Crippen molar-refractivity contribution in [2.75, 3.05) is 6.79 Å². The van der Waals surface area contributed by atoms with Crippen molar-refractivity contribution >= 4 is 39.2 Å². The number of fused-ring (bicyclic) bond motifs is 2. The fraction of sp³-hybridized carbons (Fsp3) is 0.350. The molecule has 0 saturated carbocycles. The third-order valence-corrected chi connectivity index (χ3v) is 6.86. The average molecular weight is 416 g/mol. The molecule has 0 aliphatic carbocycles. The highest BCUT2D eigenvalue weighted by Crippen LogP contribution is 2.36. The van der Waals surface area contributed by atoms with Crippen molar-refractivity contribution in [2.24, 2.45) is 0 Å². The van der Waals surface area contributed by atoms with Gasteiger partial charge in [-0.1, -0.05) is 17.8 Å². The molecule has 1 aromatic carbocycles. The van der Waals surface area contributed by atoms with Crippen LogP contribution in [-0.4, -0.2) is 27.9 Å². The van der Waals surface area contributed by atoms with Crippen LogP contribution in [0.3, 0.4) is 0 Å². The average Bonchev–Trinajstić information content (AvgIpc) is 3.23. The summed E-state index contributed by atoms with van der Waals surface area (Å²) < 4.78 is 10.7. The highest BCUT2D eigenvalue weighted by atomic mass is 32.2. The van der Waals surface area contributed by atoms with Crippen molar-refractivity contribution in [1.29, 1.82) is 0 Å². The Bertz CT molecular complexity index is 1060. The number of thioether (sulfide) groups is 1. The minimum Gasteiger partial charge on any atom is -0.454 e. The van der Waals surface area contributed by atoms with Crippen LogP contribution in [0, 0.1) is 20.8 Å². The molecule has 1 unspecified atom stereocenters. The lowest BCUT2D eigenvalue weighted by molar-refractivity contribution is -0.120. The maximum atomic E-state index is 12.6. The van der Waals surface area contributed by atoms with E-state index in [0.29, 0.717) is 6.54 Å². The Hall–Kier alpha value is -2.32. The van der Waals surface area contributed by atoms with Gasteiger partial charge in [-0.25, -0.2) is 9.97 Å². The van der Waals surface area contributed by atoms with Gasteiger partial charge in [0.05, 0.1) is 5.25 Å². The van der Waals surface area contributed by atoms with Crippen LogP contribution in [0.2, 0.25) is 0 Å². The molecule has 2 aromatic heterocycles. The zero-order valence-corrected chi connectivity index (χ0v) is 17.8. The summed E-state index contributed by atoms with van der Waals surface area (Å²) in [4.78, 5) is 24.0. The Morgan fingerprint density at radius 2 is 2.04 bits per heavy atom. The third-order valence-electron chi connectivity index (χ3n) is 4.67. The second kappa shape index (κ2) is 7.60. The van der Waals surface area contributed by atoms with Crippen molar-refractivity contribution in [1.82, 2.24) is 15.3 Å². The first-order valence-electron chi connectivity index (χ1n) is 8.99. The maximum Gasteiger partial charge on any atom is 0.233 e. The lowest BCUT2D eigenvalue weighted by atomic mass is 10.2. The van der Waals surface area contributed by atoms with Crippen LogP contribution in [-0.2, 0) is 11.3 Å². The van der Waals surface area contributed by atoms with E-state index in [1.807, 2.05) is 32.0 Å². The molecule has 3 aromatic rings. The standard InChI is InChI=1S/C20H21N3O3S2/c1-10-11(2)27-19-17(10)20(23-13(4)22-19)28-12(3)18(24)21-8-14-5-6-15-16(7-14)26-9-25-15/h5-7,12H,8-9H2,1-4H3,(H,21,24). The Labute approximate surface area is 171 Å². The summed E-state index contributed by atoms with van der Waals surface area (Å²) in [6.45, 7) is 8.65. The molecule has 0 bridgehead atoms. The Balaban J connectivity index is 1.45. The molecule has 3 heterocycles. The van der Waals surface area contributed by atoms with Gasteiger partial charge in [0.15, 0.2) is 11.5 Å². The number of hydrogen-bond acceptors (Lipinski definition) is 7. The molecule has 0 spiro atoms. The lowest BCUT2D eigenvalue weighted by Gasteiger charge is -2.13. The fourth-order valence-corrected chi connectivity index (χ4v) is 5.22. The lowest BCUT2D eigenvalue weighted by Crippen LogP contribution is -2.30. The minimum absolute atomic E-state index is 0.0308. The van der Waals surface area contributed by atoms with Crippen LogP contribution in [0.5, 0.6) is 11.5 Å². The quantitative estimate of drug-likeness (QED) is 0.499. The second-order valence-electron chi connectivity index (χ2n) is 6.70. The Morgan fingerprint density at radius 3 is 2.86 bits per heavy atom. The molecular weight excluding hydrogens is 394 g/mol.